The summed E-state index contributed by atoms with van der Waals surface area (Å²) in [7, 11) is 6.44. The molecule has 0 saturated heterocycles. The summed E-state index contributed by atoms with van der Waals surface area (Å²) in [5.41, 5.74) is 26.8. The SMILES string of the molecule is CN(c1ccc(N(c2ccc(-c3ccccc3)cc2)c2cccc3ccccc23)cc1)c1c2ccccc2cc2ccccc12.CN(c1ccc(N(c2ccc(-c3ccccc3)cc2)c2cccc3ccccc23)cc1)c1ccc2cc3ccccc3cc2c1.CN(c1ccc(N(c2ccc(-c3ccccc3)cc2)c2cccc3ccccc23)cc1)c1cccc(-c2ccccc2)c1. The molecule has 0 aliphatic rings. The fraction of sp³-hybridized carbons (Fsp3) is 0.0236. The molecule has 634 valence electrons. The van der Waals surface area contributed by atoms with Crippen molar-refractivity contribution in [1.29, 1.82) is 0 Å². The van der Waals surface area contributed by atoms with E-state index in [9.17, 15) is 0 Å². The molecule has 0 fully saturated rings. The molecule has 133 heavy (non-hydrogen) atoms. The minimum atomic E-state index is 1.11. The van der Waals surface area contributed by atoms with Gasteiger partial charge in [-0.15, -0.1) is 0 Å². The Morgan fingerprint density at radius 2 is 0.346 bits per heavy atom. The molecule has 0 spiro atoms. The zero-order valence-corrected chi connectivity index (χ0v) is 74.4. The standard InChI is InChI=1S/2C43H32N2.C41H32N2/c1-44(43-40-19-9-6-15-34(40)30-35-16-7-10-20-41(35)43)36-26-28-38(29-27-36)45(42-21-11-17-33-14-5-8-18-39(33)42)37-24-22-32(23-25-37)31-12-3-2-4-13-31;1-44(41-23-20-36-28-34-13-5-6-14-35(34)29-37(36)30-41)38-24-26-40(27-25-38)45(43-17-9-15-33-12-7-8-16-42(33)43)39-21-18-32(19-22-39)31-10-3-2-4-11-31;1-42(39-19-10-18-35(30-39)32-14-6-3-7-15-32)36-26-28-38(29-27-36)43(41-21-11-17-34-16-8-9-20-40(34)41)37-24-22-33(23-25-37)31-12-4-2-5-13-31/h2*2-30H,1H3;2-30H,1H3. The number of nitrogens with zero attached hydrogens (tertiary/aromatic N) is 6. The molecule has 23 rings (SSSR count). The highest BCUT2D eigenvalue weighted by Gasteiger charge is 2.23. The highest BCUT2D eigenvalue weighted by Crippen LogP contribution is 2.47. The number of rotatable bonds is 19. The summed E-state index contributed by atoms with van der Waals surface area (Å²) in [6.45, 7) is 0. The average molecular weight is 1710 g/mol. The van der Waals surface area contributed by atoms with Crippen LogP contribution in [0.1, 0.15) is 0 Å². The first-order valence-corrected chi connectivity index (χ1v) is 45.5. The molecule has 6 heteroatoms. The van der Waals surface area contributed by atoms with Crippen LogP contribution in [0.25, 0.3) is 120 Å². The average Bonchev–Trinajstić information content (AvgIpc) is 0.765. The molecule has 0 N–H and O–H groups in total. The summed E-state index contributed by atoms with van der Waals surface area (Å²) >= 11 is 0. The van der Waals surface area contributed by atoms with E-state index in [1.807, 2.05) is 0 Å². The van der Waals surface area contributed by atoms with E-state index in [1.165, 1.54) is 126 Å². The van der Waals surface area contributed by atoms with E-state index in [0.717, 1.165) is 79.6 Å². The molecular weight excluding hydrogens is 1610 g/mol. The van der Waals surface area contributed by atoms with Gasteiger partial charge in [0.05, 0.1) is 22.7 Å². The van der Waals surface area contributed by atoms with Gasteiger partial charge >= 0.3 is 0 Å². The van der Waals surface area contributed by atoms with Crippen molar-refractivity contribution in [2.75, 3.05) is 50.5 Å². The molecule has 0 bridgehead atoms. The van der Waals surface area contributed by atoms with E-state index in [1.54, 1.807) is 0 Å². The van der Waals surface area contributed by atoms with Crippen molar-refractivity contribution in [3.05, 3.63) is 528 Å². The summed E-state index contributed by atoms with van der Waals surface area (Å²) in [6, 6.07) is 189. The van der Waals surface area contributed by atoms with Crippen LogP contribution in [0.4, 0.5) is 85.3 Å². The van der Waals surface area contributed by atoms with Gasteiger partial charge in [0.2, 0.25) is 0 Å². The fourth-order valence-electron chi connectivity index (χ4n) is 18.7. The van der Waals surface area contributed by atoms with Gasteiger partial charge in [-0.25, -0.2) is 0 Å². The highest BCUT2D eigenvalue weighted by molar-refractivity contribution is 6.13. The molecule has 0 unspecified atom stereocenters. The van der Waals surface area contributed by atoms with Gasteiger partial charge in [0.1, 0.15) is 0 Å². The summed E-state index contributed by atoms with van der Waals surface area (Å²) in [5, 5.41) is 17.3. The van der Waals surface area contributed by atoms with Gasteiger partial charge in [0.15, 0.2) is 0 Å². The third kappa shape index (κ3) is 17.4. The lowest BCUT2D eigenvalue weighted by Crippen LogP contribution is -2.13. The van der Waals surface area contributed by atoms with Gasteiger partial charge in [0, 0.05) is 111 Å². The second-order valence-electron chi connectivity index (χ2n) is 33.8. The third-order valence-electron chi connectivity index (χ3n) is 25.7. The molecule has 0 aromatic heterocycles. The Balaban J connectivity index is 0.000000120. The Morgan fingerprint density at radius 3 is 0.707 bits per heavy atom. The zero-order valence-electron chi connectivity index (χ0n) is 74.4. The van der Waals surface area contributed by atoms with Gasteiger partial charge in [-0.05, 0) is 263 Å². The monoisotopic (exact) mass is 1700 g/mol. The second-order valence-corrected chi connectivity index (χ2v) is 33.8. The molecule has 23 aromatic rings. The summed E-state index contributed by atoms with van der Waals surface area (Å²) in [4.78, 5) is 13.9. The number of hydrogen-bond donors (Lipinski definition) is 0. The highest BCUT2D eigenvalue weighted by atomic mass is 15.2. The van der Waals surface area contributed by atoms with Crippen LogP contribution in [0.2, 0.25) is 0 Å². The molecule has 0 amide bonds. The predicted molar refractivity (Wildman–Crippen MR) is 571 cm³/mol. The quantitative estimate of drug-likeness (QED) is 0.0746. The molecular formula is C127H96N6. The van der Waals surface area contributed by atoms with Crippen molar-refractivity contribution < 1.29 is 0 Å². The number of benzene rings is 23. The topological polar surface area (TPSA) is 19.4 Å². The maximum Gasteiger partial charge on any atom is 0.0567 e. The summed E-state index contributed by atoms with van der Waals surface area (Å²) in [5.74, 6) is 0. The van der Waals surface area contributed by atoms with E-state index < -0.39 is 0 Å². The maximum absolute atomic E-state index is 2.37. The minimum Gasteiger partial charge on any atom is -0.345 e. The van der Waals surface area contributed by atoms with Crippen LogP contribution in [0, 0.1) is 0 Å². The Kier molecular flexibility index (Phi) is 23.3. The van der Waals surface area contributed by atoms with Crippen LogP contribution >= 0.6 is 0 Å². The van der Waals surface area contributed by atoms with Crippen LogP contribution < -0.4 is 29.4 Å². The molecule has 0 heterocycles. The maximum atomic E-state index is 2.37. The first-order chi connectivity index (χ1) is 65.7. The number of anilines is 15. The lowest BCUT2D eigenvalue weighted by Gasteiger charge is -2.28. The Labute approximate surface area is 778 Å². The third-order valence-corrected chi connectivity index (χ3v) is 25.7. The number of fused-ring (bicyclic) bond motifs is 7. The number of hydrogen-bond acceptors (Lipinski definition) is 6. The van der Waals surface area contributed by atoms with Crippen molar-refractivity contribution in [2.24, 2.45) is 0 Å². The molecule has 23 aromatic carbocycles. The lowest BCUT2D eigenvalue weighted by atomic mass is 10.00. The van der Waals surface area contributed by atoms with Gasteiger partial charge in [-0.1, -0.05) is 358 Å². The predicted octanol–water partition coefficient (Wildman–Crippen LogP) is 35.5. The van der Waals surface area contributed by atoms with Crippen molar-refractivity contribution in [1.82, 2.24) is 0 Å². The molecule has 0 aliphatic heterocycles. The van der Waals surface area contributed by atoms with Crippen molar-refractivity contribution >= 4 is 161 Å². The second kappa shape index (κ2) is 37.5. The van der Waals surface area contributed by atoms with E-state index in [-0.39, 0.29) is 0 Å². The largest absolute Gasteiger partial charge is 0.345 e. The minimum absolute atomic E-state index is 1.11. The van der Waals surface area contributed by atoms with Gasteiger partial charge in [0.25, 0.3) is 0 Å². The van der Waals surface area contributed by atoms with Crippen molar-refractivity contribution in [3.63, 3.8) is 0 Å². The smallest absolute Gasteiger partial charge is 0.0567 e. The molecule has 0 atom stereocenters. The van der Waals surface area contributed by atoms with Crippen LogP contribution in [0.15, 0.2) is 528 Å². The van der Waals surface area contributed by atoms with Crippen LogP contribution in [-0.4, -0.2) is 21.1 Å². The lowest BCUT2D eigenvalue weighted by molar-refractivity contribution is 1.20. The van der Waals surface area contributed by atoms with E-state index in [2.05, 4.69) is 578 Å². The van der Waals surface area contributed by atoms with Crippen LogP contribution in [0.3, 0.4) is 0 Å². The Hall–Kier alpha value is -17.3. The Bertz CT molecular complexity index is 7940. The van der Waals surface area contributed by atoms with Gasteiger partial charge in [-0.3, -0.25) is 0 Å². The molecule has 0 saturated carbocycles. The van der Waals surface area contributed by atoms with E-state index >= 15 is 0 Å². The zero-order chi connectivity index (χ0) is 89.3. The molecule has 6 nitrogen and oxygen atoms in total. The van der Waals surface area contributed by atoms with E-state index in [4.69, 9.17) is 0 Å². The van der Waals surface area contributed by atoms with Gasteiger partial charge in [-0.2, -0.15) is 0 Å². The van der Waals surface area contributed by atoms with Crippen LogP contribution in [0.5, 0.6) is 0 Å². The fourth-order valence-corrected chi connectivity index (χ4v) is 18.7. The van der Waals surface area contributed by atoms with Crippen molar-refractivity contribution in [3.8, 4) is 44.5 Å². The van der Waals surface area contributed by atoms with Crippen molar-refractivity contribution in [2.45, 2.75) is 0 Å². The summed E-state index contributed by atoms with van der Waals surface area (Å²) in [6.07, 6.45) is 0. The normalized spacial score (nSPS) is 11.1. The molecule has 0 aliphatic carbocycles. The van der Waals surface area contributed by atoms with Crippen LogP contribution in [-0.2, 0) is 0 Å². The Morgan fingerprint density at radius 1 is 0.120 bits per heavy atom. The summed E-state index contributed by atoms with van der Waals surface area (Å²) < 4.78 is 0. The van der Waals surface area contributed by atoms with E-state index in [0.29, 0.717) is 0 Å². The first kappa shape index (κ1) is 82.6. The first-order valence-electron chi connectivity index (χ1n) is 45.5. The molecule has 0 radical (unpaired) electrons. The van der Waals surface area contributed by atoms with Gasteiger partial charge < -0.3 is 29.4 Å².